The number of benzene rings is 2. The Labute approximate surface area is 249 Å². The SMILES string of the molecule is CCCCCCCCCCCCCc1ccc(C(=O)c2ccc(CCCCCCCCCCCCC)cc2)cc1. The summed E-state index contributed by atoms with van der Waals surface area (Å²) >= 11 is 0. The summed E-state index contributed by atoms with van der Waals surface area (Å²) in [6, 6.07) is 16.7. The zero-order valence-electron chi connectivity index (χ0n) is 26.5. The molecular formula is C39H62O. The summed E-state index contributed by atoms with van der Waals surface area (Å²) < 4.78 is 0. The first-order valence-corrected chi connectivity index (χ1v) is 17.5. The summed E-state index contributed by atoms with van der Waals surface area (Å²) in [6.07, 6.45) is 32.6. The van der Waals surface area contributed by atoms with Crippen molar-refractivity contribution in [3.05, 3.63) is 70.8 Å². The van der Waals surface area contributed by atoms with E-state index in [9.17, 15) is 4.79 Å². The summed E-state index contributed by atoms with van der Waals surface area (Å²) in [7, 11) is 0. The third-order valence-corrected chi connectivity index (χ3v) is 8.57. The molecule has 0 aliphatic rings. The first kappa shape index (κ1) is 34.3. The van der Waals surface area contributed by atoms with Gasteiger partial charge in [0.1, 0.15) is 0 Å². The molecule has 2 aromatic rings. The predicted molar refractivity (Wildman–Crippen MR) is 177 cm³/mol. The lowest BCUT2D eigenvalue weighted by Crippen LogP contribution is -2.02. The lowest BCUT2D eigenvalue weighted by atomic mass is 9.98. The minimum absolute atomic E-state index is 0.141. The topological polar surface area (TPSA) is 17.1 Å². The van der Waals surface area contributed by atoms with Gasteiger partial charge in [-0.2, -0.15) is 0 Å². The average Bonchev–Trinajstić information content (AvgIpc) is 2.99. The standard InChI is InChI=1S/C39H62O/c1-3-5-7-9-11-13-15-17-19-21-23-25-35-27-31-37(32-28-35)39(40)38-33-29-36(30-34-38)26-24-22-20-18-16-14-12-10-8-6-4-2/h27-34H,3-26H2,1-2H3. The molecule has 0 amide bonds. The van der Waals surface area contributed by atoms with Crippen LogP contribution in [0.15, 0.2) is 48.5 Å². The Morgan fingerprint density at radius 1 is 0.375 bits per heavy atom. The highest BCUT2D eigenvalue weighted by atomic mass is 16.1. The third-order valence-electron chi connectivity index (χ3n) is 8.57. The molecule has 1 nitrogen and oxygen atoms in total. The Hall–Kier alpha value is -1.89. The molecule has 1 heteroatoms. The quantitative estimate of drug-likeness (QED) is 0.0847. The monoisotopic (exact) mass is 546 g/mol. The van der Waals surface area contributed by atoms with E-state index in [0.29, 0.717) is 0 Å². The number of aryl methyl sites for hydroxylation is 2. The van der Waals surface area contributed by atoms with Gasteiger partial charge in [0.25, 0.3) is 0 Å². The number of hydrogen-bond donors (Lipinski definition) is 0. The highest BCUT2D eigenvalue weighted by molar-refractivity contribution is 6.08. The van der Waals surface area contributed by atoms with Gasteiger partial charge in [-0.05, 0) is 36.8 Å². The van der Waals surface area contributed by atoms with Crippen molar-refractivity contribution in [1.29, 1.82) is 0 Å². The van der Waals surface area contributed by atoms with E-state index in [-0.39, 0.29) is 5.78 Å². The maximum atomic E-state index is 13.0. The molecule has 0 atom stereocenters. The largest absolute Gasteiger partial charge is 0.289 e. The number of carbonyl (C=O) groups excluding carboxylic acids is 1. The summed E-state index contributed by atoms with van der Waals surface area (Å²) in [4.78, 5) is 13.0. The van der Waals surface area contributed by atoms with E-state index in [1.165, 1.54) is 152 Å². The van der Waals surface area contributed by atoms with Crippen LogP contribution in [0.2, 0.25) is 0 Å². The van der Waals surface area contributed by atoms with Gasteiger partial charge in [0.2, 0.25) is 0 Å². The molecule has 40 heavy (non-hydrogen) atoms. The molecule has 0 aliphatic heterocycles. The van der Waals surface area contributed by atoms with Crippen LogP contribution in [0.4, 0.5) is 0 Å². The second-order valence-corrected chi connectivity index (χ2v) is 12.3. The number of hydrogen-bond acceptors (Lipinski definition) is 1. The number of ketones is 1. The predicted octanol–water partition coefficient (Wildman–Crippen LogP) is 12.6. The van der Waals surface area contributed by atoms with Crippen molar-refractivity contribution < 1.29 is 4.79 Å². The van der Waals surface area contributed by atoms with Gasteiger partial charge in [0, 0.05) is 11.1 Å². The van der Waals surface area contributed by atoms with Crippen molar-refractivity contribution in [2.24, 2.45) is 0 Å². The molecule has 0 fully saturated rings. The molecule has 0 spiro atoms. The highest BCUT2D eigenvalue weighted by Gasteiger charge is 2.09. The van der Waals surface area contributed by atoms with Crippen LogP contribution >= 0.6 is 0 Å². The van der Waals surface area contributed by atoms with Crippen molar-refractivity contribution in [3.63, 3.8) is 0 Å². The Bertz CT molecular complexity index is 776. The van der Waals surface area contributed by atoms with Crippen molar-refractivity contribution in [2.45, 2.75) is 168 Å². The van der Waals surface area contributed by atoms with Gasteiger partial charge in [-0.1, -0.05) is 191 Å². The maximum Gasteiger partial charge on any atom is 0.193 e. The fourth-order valence-corrected chi connectivity index (χ4v) is 5.80. The van der Waals surface area contributed by atoms with E-state index >= 15 is 0 Å². The molecule has 0 heterocycles. The molecule has 0 aromatic heterocycles. The number of carbonyl (C=O) groups is 1. The van der Waals surface area contributed by atoms with E-state index in [0.717, 1.165) is 24.0 Å². The highest BCUT2D eigenvalue weighted by Crippen LogP contribution is 2.17. The van der Waals surface area contributed by atoms with Crippen molar-refractivity contribution in [3.8, 4) is 0 Å². The lowest BCUT2D eigenvalue weighted by Gasteiger charge is -2.07. The second-order valence-electron chi connectivity index (χ2n) is 12.3. The summed E-state index contributed by atoms with van der Waals surface area (Å²) in [5.74, 6) is 0.141. The molecule has 2 aromatic carbocycles. The van der Waals surface area contributed by atoms with Gasteiger partial charge in [-0.3, -0.25) is 4.79 Å². The number of unbranched alkanes of at least 4 members (excludes halogenated alkanes) is 20. The fraction of sp³-hybridized carbons (Fsp3) is 0.667. The van der Waals surface area contributed by atoms with Crippen LogP contribution in [0, 0.1) is 0 Å². The van der Waals surface area contributed by atoms with E-state index in [4.69, 9.17) is 0 Å². The van der Waals surface area contributed by atoms with Crippen LogP contribution in [-0.4, -0.2) is 5.78 Å². The first-order chi connectivity index (χ1) is 19.7. The van der Waals surface area contributed by atoms with Crippen molar-refractivity contribution in [2.75, 3.05) is 0 Å². The van der Waals surface area contributed by atoms with E-state index in [2.05, 4.69) is 38.1 Å². The minimum atomic E-state index is 0.141. The van der Waals surface area contributed by atoms with E-state index < -0.39 is 0 Å². The Morgan fingerprint density at radius 2 is 0.625 bits per heavy atom. The van der Waals surface area contributed by atoms with Crippen LogP contribution in [0.25, 0.3) is 0 Å². The molecule has 0 bridgehead atoms. The van der Waals surface area contributed by atoms with Gasteiger partial charge in [0.15, 0.2) is 5.78 Å². The normalized spacial score (nSPS) is 11.2. The zero-order valence-corrected chi connectivity index (χ0v) is 26.5. The molecule has 0 radical (unpaired) electrons. The molecule has 0 N–H and O–H groups in total. The molecular weight excluding hydrogens is 484 g/mol. The van der Waals surface area contributed by atoms with Crippen LogP contribution < -0.4 is 0 Å². The van der Waals surface area contributed by atoms with Crippen LogP contribution in [0.3, 0.4) is 0 Å². The Balaban J connectivity index is 1.54. The summed E-state index contributed by atoms with van der Waals surface area (Å²) in [5.41, 5.74) is 4.33. The number of rotatable bonds is 26. The molecule has 0 saturated heterocycles. The van der Waals surface area contributed by atoms with Gasteiger partial charge in [-0.25, -0.2) is 0 Å². The van der Waals surface area contributed by atoms with E-state index in [1.807, 2.05) is 24.3 Å². The smallest absolute Gasteiger partial charge is 0.193 e. The lowest BCUT2D eigenvalue weighted by molar-refractivity contribution is 0.103. The van der Waals surface area contributed by atoms with Gasteiger partial charge in [0.05, 0.1) is 0 Å². The van der Waals surface area contributed by atoms with Crippen LogP contribution in [0.1, 0.15) is 182 Å². The molecule has 0 aliphatic carbocycles. The Morgan fingerprint density at radius 3 is 0.900 bits per heavy atom. The fourth-order valence-electron chi connectivity index (χ4n) is 5.80. The maximum absolute atomic E-state index is 13.0. The van der Waals surface area contributed by atoms with E-state index in [1.54, 1.807) is 0 Å². The Kier molecular flexibility index (Phi) is 20.4. The van der Waals surface area contributed by atoms with Gasteiger partial charge >= 0.3 is 0 Å². The minimum Gasteiger partial charge on any atom is -0.289 e. The van der Waals surface area contributed by atoms with Crippen molar-refractivity contribution >= 4 is 5.78 Å². The second kappa shape index (κ2) is 23.8. The average molecular weight is 547 g/mol. The molecule has 0 unspecified atom stereocenters. The molecule has 224 valence electrons. The molecule has 2 rings (SSSR count). The molecule has 0 saturated carbocycles. The van der Waals surface area contributed by atoms with Gasteiger partial charge in [-0.15, -0.1) is 0 Å². The van der Waals surface area contributed by atoms with Crippen LogP contribution in [0.5, 0.6) is 0 Å². The first-order valence-electron chi connectivity index (χ1n) is 17.5. The van der Waals surface area contributed by atoms with Crippen LogP contribution in [-0.2, 0) is 12.8 Å². The zero-order chi connectivity index (χ0) is 28.5. The summed E-state index contributed by atoms with van der Waals surface area (Å²) in [5, 5.41) is 0. The van der Waals surface area contributed by atoms with Gasteiger partial charge < -0.3 is 0 Å². The third kappa shape index (κ3) is 16.4. The van der Waals surface area contributed by atoms with Crippen molar-refractivity contribution in [1.82, 2.24) is 0 Å². The summed E-state index contributed by atoms with van der Waals surface area (Å²) in [6.45, 7) is 4.57.